The standard InChI is InChI=1S/C20H20N4O2S/c1-25-13-8-9-17(26-2)16(12-13)24-19(15-7-5-11-22-15)18(23-20(24)27)14-6-3-4-10-21-14/h3-12,18-19,22H,1-2H3,(H,23,27)/t18-,19+/m1/s1. The van der Waals surface area contributed by atoms with Crippen LogP contribution >= 0.6 is 12.2 Å². The summed E-state index contributed by atoms with van der Waals surface area (Å²) in [6.45, 7) is 0. The van der Waals surface area contributed by atoms with Gasteiger partial charge in [0, 0.05) is 24.2 Å². The molecule has 1 aliphatic rings. The molecule has 0 saturated carbocycles. The third-order valence-electron chi connectivity index (χ3n) is 4.68. The number of aromatic amines is 1. The Morgan fingerprint density at radius 3 is 2.63 bits per heavy atom. The number of thiocarbonyl (C=S) groups is 1. The highest BCUT2D eigenvalue weighted by molar-refractivity contribution is 7.80. The molecule has 1 saturated heterocycles. The van der Waals surface area contributed by atoms with E-state index in [0.717, 1.165) is 28.6 Å². The van der Waals surface area contributed by atoms with E-state index >= 15 is 0 Å². The fraction of sp³-hybridized carbons (Fsp3) is 0.200. The van der Waals surface area contributed by atoms with Crippen LogP contribution in [0.2, 0.25) is 0 Å². The van der Waals surface area contributed by atoms with Crippen molar-refractivity contribution in [1.29, 1.82) is 0 Å². The van der Waals surface area contributed by atoms with E-state index in [4.69, 9.17) is 21.7 Å². The molecule has 0 unspecified atom stereocenters. The van der Waals surface area contributed by atoms with Gasteiger partial charge in [-0.25, -0.2) is 0 Å². The van der Waals surface area contributed by atoms with Crippen molar-refractivity contribution in [3.05, 3.63) is 72.3 Å². The Hall–Kier alpha value is -3.06. The summed E-state index contributed by atoms with van der Waals surface area (Å²) in [5.74, 6) is 1.46. The van der Waals surface area contributed by atoms with Gasteiger partial charge < -0.3 is 24.7 Å². The van der Waals surface area contributed by atoms with E-state index in [9.17, 15) is 0 Å². The molecule has 3 aromatic rings. The average molecular weight is 380 g/mol. The quantitative estimate of drug-likeness (QED) is 0.660. The van der Waals surface area contributed by atoms with Crippen molar-refractivity contribution >= 4 is 23.0 Å². The highest BCUT2D eigenvalue weighted by Crippen LogP contribution is 2.44. The lowest BCUT2D eigenvalue weighted by molar-refractivity contribution is 0.402. The molecule has 1 aromatic carbocycles. The van der Waals surface area contributed by atoms with Gasteiger partial charge in [0.05, 0.1) is 31.6 Å². The summed E-state index contributed by atoms with van der Waals surface area (Å²) >= 11 is 5.71. The Morgan fingerprint density at radius 2 is 1.96 bits per heavy atom. The minimum atomic E-state index is -0.108. The molecular formula is C20H20N4O2S. The SMILES string of the molecule is COc1ccc(OC)c(N2C(=S)N[C@H](c3ccccn3)[C@@H]2c2ccc[nH]2)c1. The van der Waals surface area contributed by atoms with Gasteiger partial charge in [0.2, 0.25) is 0 Å². The largest absolute Gasteiger partial charge is 0.497 e. The van der Waals surface area contributed by atoms with Crippen molar-refractivity contribution in [2.45, 2.75) is 12.1 Å². The predicted molar refractivity (Wildman–Crippen MR) is 108 cm³/mol. The molecule has 4 rings (SSSR count). The molecule has 0 radical (unpaired) electrons. The molecule has 2 N–H and O–H groups in total. The zero-order valence-electron chi connectivity index (χ0n) is 15.0. The lowest BCUT2D eigenvalue weighted by atomic mass is 10.0. The van der Waals surface area contributed by atoms with E-state index in [2.05, 4.69) is 26.3 Å². The molecular weight excluding hydrogens is 360 g/mol. The van der Waals surface area contributed by atoms with E-state index < -0.39 is 0 Å². The van der Waals surface area contributed by atoms with Gasteiger partial charge in [-0.3, -0.25) is 4.98 Å². The Morgan fingerprint density at radius 1 is 1.07 bits per heavy atom. The lowest BCUT2D eigenvalue weighted by Crippen LogP contribution is -2.30. The maximum absolute atomic E-state index is 5.71. The second kappa shape index (κ2) is 7.28. The molecule has 1 fully saturated rings. The zero-order valence-corrected chi connectivity index (χ0v) is 15.9. The molecule has 6 nitrogen and oxygen atoms in total. The summed E-state index contributed by atoms with van der Waals surface area (Å²) in [5, 5.41) is 4.03. The first-order valence-corrected chi connectivity index (χ1v) is 8.99. The van der Waals surface area contributed by atoms with E-state index in [-0.39, 0.29) is 12.1 Å². The van der Waals surface area contributed by atoms with Gasteiger partial charge in [0.25, 0.3) is 0 Å². The number of hydrogen-bond acceptors (Lipinski definition) is 4. The van der Waals surface area contributed by atoms with Crippen molar-refractivity contribution in [3.8, 4) is 11.5 Å². The van der Waals surface area contributed by atoms with Gasteiger partial charge in [0.1, 0.15) is 17.5 Å². The predicted octanol–water partition coefficient (Wildman–Crippen LogP) is 3.60. The molecule has 138 valence electrons. The number of anilines is 1. The highest BCUT2D eigenvalue weighted by atomic mass is 32.1. The van der Waals surface area contributed by atoms with Crippen LogP contribution in [0.1, 0.15) is 23.5 Å². The van der Waals surface area contributed by atoms with Gasteiger partial charge in [-0.2, -0.15) is 0 Å². The number of benzene rings is 1. The molecule has 7 heteroatoms. The van der Waals surface area contributed by atoms with Crippen LogP contribution in [0.25, 0.3) is 0 Å². The van der Waals surface area contributed by atoms with E-state index in [0.29, 0.717) is 5.11 Å². The second-order valence-electron chi connectivity index (χ2n) is 6.16. The van der Waals surface area contributed by atoms with Crippen molar-refractivity contribution in [2.24, 2.45) is 0 Å². The summed E-state index contributed by atoms with van der Waals surface area (Å²) in [7, 11) is 3.29. The lowest BCUT2D eigenvalue weighted by Gasteiger charge is -2.28. The van der Waals surface area contributed by atoms with Crippen LogP contribution in [-0.2, 0) is 0 Å². The van der Waals surface area contributed by atoms with Crippen molar-refractivity contribution in [3.63, 3.8) is 0 Å². The summed E-state index contributed by atoms with van der Waals surface area (Å²) in [6, 6.07) is 15.4. The van der Waals surface area contributed by atoms with Gasteiger partial charge in [-0.15, -0.1) is 0 Å². The minimum Gasteiger partial charge on any atom is -0.497 e. The number of H-pyrrole nitrogens is 1. The topological polar surface area (TPSA) is 62.4 Å². The maximum atomic E-state index is 5.71. The first-order chi connectivity index (χ1) is 13.2. The number of rotatable bonds is 5. The van der Waals surface area contributed by atoms with Crippen LogP contribution < -0.4 is 19.7 Å². The van der Waals surface area contributed by atoms with Crippen LogP contribution in [0.3, 0.4) is 0 Å². The summed E-state index contributed by atoms with van der Waals surface area (Å²) in [4.78, 5) is 9.92. The molecule has 2 atom stereocenters. The molecule has 0 aliphatic carbocycles. The van der Waals surface area contributed by atoms with Gasteiger partial charge in [-0.1, -0.05) is 6.07 Å². The van der Waals surface area contributed by atoms with Gasteiger partial charge >= 0.3 is 0 Å². The Balaban J connectivity index is 1.85. The van der Waals surface area contributed by atoms with Crippen LogP contribution in [0.4, 0.5) is 5.69 Å². The van der Waals surface area contributed by atoms with Crippen LogP contribution in [-0.4, -0.2) is 29.3 Å². The number of methoxy groups -OCH3 is 2. The number of nitrogens with zero attached hydrogens (tertiary/aromatic N) is 2. The molecule has 3 heterocycles. The van der Waals surface area contributed by atoms with Gasteiger partial charge in [0.15, 0.2) is 5.11 Å². The third kappa shape index (κ3) is 3.10. The molecule has 0 spiro atoms. The third-order valence-corrected chi connectivity index (χ3v) is 5.00. The second-order valence-corrected chi connectivity index (χ2v) is 6.55. The first kappa shape index (κ1) is 17.4. The fourth-order valence-corrected chi connectivity index (χ4v) is 3.78. The van der Waals surface area contributed by atoms with Crippen LogP contribution in [0, 0.1) is 0 Å². The Labute approximate surface area is 163 Å². The van der Waals surface area contributed by atoms with Gasteiger partial charge in [-0.05, 0) is 48.6 Å². The Kier molecular flexibility index (Phi) is 4.68. The van der Waals surface area contributed by atoms with Crippen LogP contribution in [0.5, 0.6) is 11.5 Å². The van der Waals surface area contributed by atoms with Crippen molar-refractivity contribution < 1.29 is 9.47 Å². The summed E-state index contributed by atoms with van der Waals surface area (Å²) in [6.07, 6.45) is 3.70. The number of hydrogen-bond donors (Lipinski definition) is 2. The molecule has 2 aromatic heterocycles. The average Bonchev–Trinajstić information content (AvgIpc) is 3.35. The maximum Gasteiger partial charge on any atom is 0.174 e. The van der Waals surface area contributed by atoms with Crippen molar-refractivity contribution in [1.82, 2.24) is 15.3 Å². The fourth-order valence-electron chi connectivity index (χ4n) is 3.44. The zero-order chi connectivity index (χ0) is 18.8. The Bertz CT molecular complexity index is 930. The number of ether oxygens (including phenoxy) is 2. The summed E-state index contributed by atoms with van der Waals surface area (Å²) < 4.78 is 11.0. The van der Waals surface area contributed by atoms with E-state index in [1.54, 1.807) is 20.4 Å². The normalized spacial score (nSPS) is 19.0. The molecule has 0 amide bonds. The molecule has 0 bridgehead atoms. The smallest absolute Gasteiger partial charge is 0.174 e. The molecule has 27 heavy (non-hydrogen) atoms. The number of pyridine rings is 1. The van der Waals surface area contributed by atoms with E-state index in [1.165, 1.54) is 0 Å². The minimum absolute atomic E-state index is 0.103. The monoisotopic (exact) mass is 380 g/mol. The number of nitrogens with one attached hydrogen (secondary N) is 2. The molecule has 1 aliphatic heterocycles. The highest BCUT2D eigenvalue weighted by Gasteiger charge is 2.42. The van der Waals surface area contributed by atoms with E-state index in [1.807, 2.05) is 48.7 Å². The van der Waals surface area contributed by atoms with Crippen LogP contribution in [0.15, 0.2) is 60.9 Å². The summed E-state index contributed by atoms with van der Waals surface area (Å²) in [5.41, 5.74) is 2.79. The first-order valence-electron chi connectivity index (χ1n) is 8.59. The van der Waals surface area contributed by atoms with Crippen molar-refractivity contribution in [2.75, 3.05) is 19.1 Å². The number of aromatic nitrogens is 2.